The van der Waals surface area contributed by atoms with Crippen LogP contribution in [0, 0.1) is 5.82 Å². The van der Waals surface area contributed by atoms with E-state index in [1.165, 1.54) is 31.3 Å². The zero-order chi connectivity index (χ0) is 18.8. The molecule has 0 aliphatic rings. The van der Waals surface area contributed by atoms with Crippen LogP contribution in [0.2, 0.25) is 5.02 Å². The van der Waals surface area contributed by atoms with Gasteiger partial charge in [-0.05, 0) is 48.9 Å². The van der Waals surface area contributed by atoms with Crippen molar-refractivity contribution in [2.45, 2.75) is 31.9 Å². The lowest BCUT2D eigenvalue weighted by Crippen LogP contribution is -2.30. The van der Waals surface area contributed by atoms with Gasteiger partial charge < -0.3 is 5.32 Å². The number of nitrogens with one attached hydrogen (secondary N) is 1. The Morgan fingerprint density at radius 3 is 2.36 bits per heavy atom. The Morgan fingerprint density at radius 1 is 1.16 bits per heavy atom. The fourth-order valence-corrected chi connectivity index (χ4v) is 2.66. The summed E-state index contributed by atoms with van der Waals surface area (Å²) in [6.07, 6.45) is -4.43. The lowest BCUT2D eigenvalue weighted by atomic mass is 9.95. The fraction of sp³-hybridized carbons (Fsp3) is 0.389. The van der Waals surface area contributed by atoms with Gasteiger partial charge in [-0.1, -0.05) is 25.4 Å². The van der Waals surface area contributed by atoms with Gasteiger partial charge in [0.05, 0.1) is 16.4 Å². The Morgan fingerprint density at radius 2 is 1.84 bits per heavy atom. The van der Waals surface area contributed by atoms with E-state index in [9.17, 15) is 17.6 Å². The summed E-state index contributed by atoms with van der Waals surface area (Å²) in [5.41, 5.74) is 1.48. The minimum absolute atomic E-state index is 0.0138. The number of aromatic nitrogens is 1. The lowest BCUT2D eigenvalue weighted by Gasteiger charge is -2.21. The largest absolute Gasteiger partial charge is 0.398 e. The SMILES string of the molecule is CNCC(c1cc(C(C)C)cc(-c2ccc(F)c(Cl)c2)n1)C(F)(F)F. The topological polar surface area (TPSA) is 24.9 Å². The average Bonchev–Trinajstić information content (AvgIpc) is 2.53. The third kappa shape index (κ3) is 4.70. The number of likely N-dealkylation sites (N-methyl/N-ethyl adjacent to an activating group) is 1. The first-order valence-corrected chi connectivity index (χ1v) is 8.20. The molecule has 136 valence electrons. The highest BCUT2D eigenvalue weighted by Gasteiger charge is 2.41. The van der Waals surface area contributed by atoms with Gasteiger partial charge in [0, 0.05) is 12.1 Å². The molecule has 0 bridgehead atoms. The molecule has 1 N–H and O–H groups in total. The van der Waals surface area contributed by atoms with Gasteiger partial charge >= 0.3 is 6.18 Å². The minimum atomic E-state index is -4.43. The van der Waals surface area contributed by atoms with Crippen LogP contribution in [0.3, 0.4) is 0 Å². The number of hydrogen-bond acceptors (Lipinski definition) is 2. The predicted octanol–water partition coefficient (Wildman–Crippen LogP) is 5.53. The molecular weight excluding hydrogens is 356 g/mol. The number of rotatable bonds is 5. The number of halogens is 5. The molecule has 2 rings (SSSR count). The van der Waals surface area contributed by atoms with Gasteiger partial charge in [0.2, 0.25) is 0 Å². The van der Waals surface area contributed by atoms with E-state index >= 15 is 0 Å². The fourth-order valence-electron chi connectivity index (χ4n) is 2.48. The molecule has 0 aliphatic carbocycles. The zero-order valence-electron chi connectivity index (χ0n) is 14.1. The summed E-state index contributed by atoms with van der Waals surface area (Å²) in [6, 6.07) is 7.20. The summed E-state index contributed by atoms with van der Waals surface area (Å²) in [7, 11) is 1.46. The monoisotopic (exact) mass is 374 g/mol. The van der Waals surface area contributed by atoms with E-state index < -0.39 is 17.9 Å². The van der Waals surface area contributed by atoms with Crippen molar-refractivity contribution in [2.75, 3.05) is 13.6 Å². The Kier molecular flexibility index (Phi) is 6.06. The van der Waals surface area contributed by atoms with Gasteiger partial charge in [0.1, 0.15) is 11.7 Å². The summed E-state index contributed by atoms with van der Waals surface area (Å²) in [6.45, 7) is 3.50. The van der Waals surface area contributed by atoms with Gasteiger partial charge in [-0.3, -0.25) is 4.98 Å². The van der Waals surface area contributed by atoms with E-state index in [0.717, 1.165) is 5.56 Å². The van der Waals surface area contributed by atoms with Crippen molar-refractivity contribution in [3.63, 3.8) is 0 Å². The molecule has 0 saturated carbocycles. The summed E-state index contributed by atoms with van der Waals surface area (Å²) >= 11 is 5.80. The average molecular weight is 375 g/mol. The van der Waals surface area contributed by atoms with Crippen LogP contribution in [0.1, 0.15) is 36.9 Å². The summed E-state index contributed by atoms with van der Waals surface area (Å²) < 4.78 is 53.7. The van der Waals surface area contributed by atoms with Crippen molar-refractivity contribution in [1.29, 1.82) is 0 Å². The third-order valence-electron chi connectivity index (χ3n) is 3.91. The van der Waals surface area contributed by atoms with Crippen molar-refractivity contribution >= 4 is 11.6 Å². The highest BCUT2D eigenvalue weighted by Crippen LogP contribution is 2.36. The number of nitrogens with zero attached hydrogens (tertiary/aromatic N) is 1. The molecule has 1 aromatic carbocycles. The molecule has 7 heteroatoms. The van der Waals surface area contributed by atoms with Crippen molar-refractivity contribution in [3.05, 3.63) is 52.4 Å². The molecule has 0 radical (unpaired) electrons. The van der Waals surface area contributed by atoms with Crippen molar-refractivity contribution in [2.24, 2.45) is 0 Å². The van der Waals surface area contributed by atoms with Gasteiger partial charge in [-0.15, -0.1) is 0 Å². The maximum Gasteiger partial charge on any atom is 0.398 e. The molecule has 1 atom stereocenters. The third-order valence-corrected chi connectivity index (χ3v) is 4.20. The van der Waals surface area contributed by atoms with Crippen LogP contribution >= 0.6 is 11.6 Å². The number of hydrogen-bond donors (Lipinski definition) is 1. The van der Waals surface area contributed by atoms with Gasteiger partial charge in [-0.2, -0.15) is 13.2 Å². The molecule has 0 spiro atoms. The molecule has 25 heavy (non-hydrogen) atoms. The van der Waals surface area contributed by atoms with Crippen LogP contribution in [-0.2, 0) is 0 Å². The van der Waals surface area contributed by atoms with E-state index in [0.29, 0.717) is 11.3 Å². The number of pyridine rings is 1. The maximum absolute atomic E-state index is 13.4. The van der Waals surface area contributed by atoms with Gasteiger partial charge in [0.25, 0.3) is 0 Å². The first-order chi connectivity index (χ1) is 11.6. The molecule has 0 aliphatic heterocycles. The first kappa shape index (κ1) is 19.7. The molecule has 0 fully saturated rings. The standard InChI is InChI=1S/C18H19ClF4N2/c1-10(2)12-7-16(11-4-5-15(20)14(19)6-11)25-17(8-12)13(9-24-3)18(21,22)23/h4-8,10,13,24H,9H2,1-3H3. The van der Waals surface area contributed by atoms with Crippen LogP contribution in [0.25, 0.3) is 11.3 Å². The molecular formula is C18H19ClF4N2. The highest BCUT2D eigenvalue weighted by atomic mass is 35.5. The van der Waals surface area contributed by atoms with Gasteiger partial charge in [-0.25, -0.2) is 4.39 Å². The molecule has 1 heterocycles. The smallest absolute Gasteiger partial charge is 0.319 e. The summed E-state index contributed by atoms with van der Waals surface area (Å²) in [4.78, 5) is 4.20. The van der Waals surface area contributed by atoms with Crippen LogP contribution < -0.4 is 5.32 Å². The quantitative estimate of drug-likeness (QED) is 0.696. The lowest BCUT2D eigenvalue weighted by molar-refractivity contribution is -0.150. The van der Waals surface area contributed by atoms with Crippen LogP contribution in [0.15, 0.2) is 30.3 Å². The highest BCUT2D eigenvalue weighted by molar-refractivity contribution is 6.31. The van der Waals surface area contributed by atoms with Crippen molar-refractivity contribution in [1.82, 2.24) is 10.3 Å². The van der Waals surface area contributed by atoms with Crippen molar-refractivity contribution in [3.8, 4) is 11.3 Å². The molecule has 2 aromatic rings. The second-order valence-electron chi connectivity index (χ2n) is 6.15. The van der Waals surface area contributed by atoms with Crippen LogP contribution in [0.4, 0.5) is 17.6 Å². The molecule has 1 aromatic heterocycles. The van der Waals surface area contributed by atoms with Crippen LogP contribution in [0.5, 0.6) is 0 Å². The van der Waals surface area contributed by atoms with E-state index in [1.54, 1.807) is 6.07 Å². The van der Waals surface area contributed by atoms with E-state index in [4.69, 9.17) is 11.6 Å². The second-order valence-corrected chi connectivity index (χ2v) is 6.55. The molecule has 0 saturated heterocycles. The number of alkyl halides is 3. The minimum Gasteiger partial charge on any atom is -0.319 e. The van der Waals surface area contributed by atoms with E-state index in [1.807, 2.05) is 13.8 Å². The van der Waals surface area contributed by atoms with E-state index in [2.05, 4.69) is 10.3 Å². The molecule has 0 amide bonds. The van der Waals surface area contributed by atoms with E-state index in [-0.39, 0.29) is 23.2 Å². The second kappa shape index (κ2) is 7.70. The Hall–Kier alpha value is -1.66. The Bertz CT molecular complexity index is 744. The molecule has 1 unspecified atom stereocenters. The first-order valence-electron chi connectivity index (χ1n) is 7.82. The zero-order valence-corrected chi connectivity index (χ0v) is 14.8. The Labute approximate surface area is 149 Å². The van der Waals surface area contributed by atoms with Gasteiger partial charge in [0.15, 0.2) is 0 Å². The Balaban J connectivity index is 2.61. The molecule has 2 nitrogen and oxygen atoms in total. The predicted molar refractivity (Wildman–Crippen MR) is 91.5 cm³/mol. The van der Waals surface area contributed by atoms with Crippen molar-refractivity contribution < 1.29 is 17.6 Å². The maximum atomic E-state index is 13.4. The normalized spacial score (nSPS) is 13.3. The summed E-state index contributed by atoms with van der Waals surface area (Å²) in [5.74, 6) is -2.31. The van der Waals surface area contributed by atoms with Crippen LogP contribution in [-0.4, -0.2) is 24.8 Å². The number of benzene rings is 1. The summed E-state index contributed by atoms with van der Waals surface area (Å²) in [5, 5.41) is 2.47.